The molecule has 0 aliphatic carbocycles. The van der Waals surface area contributed by atoms with Crippen molar-refractivity contribution in [1.29, 1.82) is 0 Å². The molecule has 1 rings (SSSR count). The predicted molar refractivity (Wildman–Crippen MR) is 80.6 cm³/mol. The Morgan fingerprint density at radius 2 is 2.00 bits per heavy atom. The maximum atomic E-state index is 12.0. The van der Waals surface area contributed by atoms with E-state index in [9.17, 15) is 9.59 Å². The molecule has 5 nitrogen and oxygen atoms in total. The maximum absolute atomic E-state index is 12.0. The van der Waals surface area contributed by atoms with Crippen molar-refractivity contribution in [2.75, 3.05) is 26.3 Å². The average Bonchev–Trinajstić information content (AvgIpc) is 2.45. The van der Waals surface area contributed by atoms with Gasteiger partial charge >= 0.3 is 5.97 Å². The van der Waals surface area contributed by atoms with E-state index in [4.69, 9.17) is 21.1 Å². The Morgan fingerprint density at radius 3 is 2.62 bits per heavy atom. The molecule has 0 bridgehead atoms. The monoisotopic (exact) mass is 313 g/mol. The zero-order valence-corrected chi connectivity index (χ0v) is 13.3. The van der Waals surface area contributed by atoms with Crippen LogP contribution in [0.25, 0.3) is 0 Å². The van der Waals surface area contributed by atoms with Gasteiger partial charge in [0.25, 0.3) is 5.91 Å². The highest BCUT2D eigenvalue weighted by Gasteiger charge is 2.17. The van der Waals surface area contributed by atoms with Gasteiger partial charge in [-0.2, -0.15) is 0 Å². The van der Waals surface area contributed by atoms with E-state index < -0.39 is 5.97 Å². The molecular formula is C15H20ClNO4. The predicted octanol–water partition coefficient (Wildman–Crippen LogP) is 2.44. The molecule has 0 aromatic heterocycles. The van der Waals surface area contributed by atoms with Crippen LogP contribution in [0, 0.1) is 6.92 Å². The molecule has 0 unspecified atom stereocenters. The Kier molecular flexibility index (Phi) is 7.02. The first kappa shape index (κ1) is 17.3. The van der Waals surface area contributed by atoms with Crippen molar-refractivity contribution in [3.63, 3.8) is 0 Å². The molecule has 21 heavy (non-hydrogen) atoms. The van der Waals surface area contributed by atoms with Crippen molar-refractivity contribution in [3.8, 4) is 5.75 Å². The number of esters is 1. The molecule has 116 valence electrons. The summed E-state index contributed by atoms with van der Waals surface area (Å²) in [5.74, 6) is -0.262. The van der Waals surface area contributed by atoms with Gasteiger partial charge in [0.1, 0.15) is 12.3 Å². The van der Waals surface area contributed by atoms with Crippen LogP contribution < -0.4 is 4.74 Å². The second-order valence-electron chi connectivity index (χ2n) is 4.44. The van der Waals surface area contributed by atoms with Crippen LogP contribution in [0.3, 0.4) is 0 Å². The molecule has 0 saturated heterocycles. The standard InChI is InChI=1S/C15H20ClNO4/c1-4-17(9-15(19)20-5-2)14(18)10-21-13-8-11(3)6-7-12(13)16/h6-8H,4-5,9-10H2,1-3H3. The second kappa shape index (κ2) is 8.52. The third-order valence-electron chi connectivity index (χ3n) is 2.80. The average molecular weight is 314 g/mol. The van der Waals surface area contributed by atoms with Crippen LogP contribution in [-0.4, -0.2) is 43.1 Å². The molecule has 0 fully saturated rings. The molecule has 0 atom stereocenters. The fraction of sp³-hybridized carbons (Fsp3) is 0.467. The summed E-state index contributed by atoms with van der Waals surface area (Å²) in [6.07, 6.45) is 0. The molecule has 0 N–H and O–H groups in total. The van der Waals surface area contributed by atoms with Crippen molar-refractivity contribution >= 4 is 23.5 Å². The summed E-state index contributed by atoms with van der Waals surface area (Å²) in [5.41, 5.74) is 0.987. The minimum absolute atomic E-state index is 0.0753. The summed E-state index contributed by atoms with van der Waals surface area (Å²) in [6.45, 7) is 5.87. The van der Waals surface area contributed by atoms with Gasteiger partial charge in [-0.05, 0) is 38.5 Å². The smallest absolute Gasteiger partial charge is 0.325 e. The van der Waals surface area contributed by atoms with Crippen LogP contribution in [-0.2, 0) is 14.3 Å². The molecule has 0 aliphatic heterocycles. The fourth-order valence-corrected chi connectivity index (χ4v) is 1.86. The number of amides is 1. The lowest BCUT2D eigenvalue weighted by molar-refractivity contribution is -0.149. The summed E-state index contributed by atoms with van der Waals surface area (Å²) in [7, 11) is 0. The number of ether oxygens (including phenoxy) is 2. The van der Waals surface area contributed by atoms with Crippen LogP contribution in [0.2, 0.25) is 5.02 Å². The molecule has 1 aromatic carbocycles. The number of nitrogens with zero attached hydrogens (tertiary/aromatic N) is 1. The van der Waals surface area contributed by atoms with Crippen molar-refractivity contribution in [3.05, 3.63) is 28.8 Å². The first-order valence-electron chi connectivity index (χ1n) is 6.80. The molecule has 0 radical (unpaired) electrons. The number of benzene rings is 1. The minimum atomic E-state index is -0.429. The highest BCUT2D eigenvalue weighted by Crippen LogP contribution is 2.25. The lowest BCUT2D eigenvalue weighted by Crippen LogP contribution is -2.39. The Hall–Kier alpha value is -1.75. The number of hydrogen-bond donors (Lipinski definition) is 0. The van der Waals surface area contributed by atoms with Crippen LogP contribution in [0.5, 0.6) is 5.75 Å². The van der Waals surface area contributed by atoms with Crippen molar-refractivity contribution in [1.82, 2.24) is 4.90 Å². The maximum Gasteiger partial charge on any atom is 0.325 e. The first-order chi connectivity index (χ1) is 9.97. The quantitative estimate of drug-likeness (QED) is 0.726. The lowest BCUT2D eigenvalue weighted by atomic mass is 10.2. The van der Waals surface area contributed by atoms with E-state index in [-0.39, 0.29) is 19.1 Å². The first-order valence-corrected chi connectivity index (χ1v) is 7.18. The largest absolute Gasteiger partial charge is 0.482 e. The summed E-state index contributed by atoms with van der Waals surface area (Å²) in [4.78, 5) is 24.8. The zero-order valence-electron chi connectivity index (χ0n) is 12.5. The summed E-state index contributed by atoms with van der Waals surface area (Å²) >= 11 is 5.99. The topological polar surface area (TPSA) is 55.8 Å². The Labute approximate surface area is 129 Å². The summed E-state index contributed by atoms with van der Waals surface area (Å²) in [5, 5.41) is 0.446. The van der Waals surface area contributed by atoms with Gasteiger partial charge < -0.3 is 14.4 Å². The molecule has 6 heteroatoms. The van der Waals surface area contributed by atoms with E-state index in [1.54, 1.807) is 26.0 Å². The van der Waals surface area contributed by atoms with E-state index in [0.717, 1.165) is 5.56 Å². The Morgan fingerprint density at radius 1 is 1.29 bits per heavy atom. The van der Waals surface area contributed by atoms with Crippen LogP contribution in [0.15, 0.2) is 18.2 Å². The number of carbonyl (C=O) groups is 2. The third kappa shape index (κ3) is 5.63. The summed E-state index contributed by atoms with van der Waals surface area (Å²) < 4.78 is 10.3. The molecular weight excluding hydrogens is 294 g/mol. The van der Waals surface area contributed by atoms with Gasteiger partial charge in [0.15, 0.2) is 6.61 Å². The van der Waals surface area contributed by atoms with Gasteiger partial charge in [-0.25, -0.2) is 0 Å². The van der Waals surface area contributed by atoms with E-state index in [2.05, 4.69) is 0 Å². The van der Waals surface area contributed by atoms with Crippen LogP contribution in [0.1, 0.15) is 19.4 Å². The zero-order chi connectivity index (χ0) is 15.8. The fourth-order valence-electron chi connectivity index (χ4n) is 1.69. The number of likely N-dealkylation sites (N-methyl/N-ethyl adjacent to an activating group) is 1. The number of carbonyl (C=O) groups excluding carboxylic acids is 2. The highest BCUT2D eigenvalue weighted by molar-refractivity contribution is 6.32. The molecule has 1 amide bonds. The molecule has 0 saturated carbocycles. The van der Waals surface area contributed by atoms with Gasteiger partial charge in [0.05, 0.1) is 11.6 Å². The van der Waals surface area contributed by atoms with E-state index in [1.807, 2.05) is 13.0 Å². The van der Waals surface area contributed by atoms with Crippen LogP contribution >= 0.6 is 11.6 Å². The molecule has 0 spiro atoms. The van der Waals surface area contributed by atoms with Gasteiger partial charge in [0, 0.05) is 6.54 Å². The van der Waals surface area contributed by atoms with E-state index in [1.165, 1.54) is 4.90 Å². The van der Waals surface area contributed by atoms with Crippen molar-refractivity contribution in [2.45, 2.75) is 20.8 Å². The van der Waals surface area contributed by atoms with Gasteiger partial charge in [-0.1, -0.05) is 17.7 Å². The van der Waals surface area contributed by atoms with Gasteiger partial charge in [-0.3, -0.25) is 9.59 Å². The normalized spacial score (nSPS) is 10.1. The molecule has 1 aromatic rings. The number of hydrogen-bond acceptors (Lipinski definition) is 4. The van der Waals surface area contributed by atoms with E-state index in [0.29, 0.717) is 23.9 Å². The number of halogens is 1. The third-order valence-corrected chi connectivity index (χ3v) is 3.11. The van der Waals surface area contributed by atoms with Crippen LogP contribution in [0.4, 0.5) is 0 Å². The Bertz CT molecular complexity index is 504. The van der Waals surface area contributed by atoms with Gasteiger partial charge in [0.2, 0.25) is 0 Å². The summed E-state index contributed by atoms with van der Waals surface area (Å²) in [6, 6.07) is 5.33. The number of aryl methyl sites for hydroxylation is 1. The van der Waals surface area contributed by atoms with Crippen molar-refractivity contribution in [2.24, 2.45) is 0 Å². The minimum Gasteiger partial charge on any atom is -0.482 e. The lowest BCUT2D eigenvalue weighted by Gasteiger charge is -2.20. The highest BCUT2D eigenvalue weighted by atomic mass is 35.5. The number of rotatable bonds is 7. The second-order valence-corrected chi connectivity index (χ2v) is 4.84. The van der Waals surface area contributed by atoms with Crippen molar-refractivity contribution < 1.29 is 19.1 Å². The Balaban J connectivity index is 2.58. The molecule has 0 aliphatic rings. The SMILES string of the molecule is CCOC(=O)CN(CC)C(=O)COc1cc(C)ccc1Cl. The van der Waals surface area contributed by atoms with Gasteiger partial charge in [-0.15, -0.1) is 0 Å². The van der Waals surface area contributed by atoms with E-state index >= 15 is 0 Å². The molecule has 0 heterocycles.